The first kappa shape index (κ1) is 11.4. The molecule has 1 fully saturated rings. The zero-order valence-electron chi connectivity index (χ0n) is 9.56. The Kier molecular flexibility index (Phi) is 3.80. The van der Waals surface area contributed by atoms with Gasteiger partial charge in [-0.25, -0.2) is 0 Å². The predicted molar refractivity (Wildman–Crippen MR) is 61.7 cm³/mol. The van der Waals surface area contributed by atoms with Crippen LogP contribution in [0.15, 0.2) is 24.3 Å². The van der Waals surface area contributed by atoms with Crippen LogP contribution in [0.5, 0.6) is 5.75 Å². The second kappa shape index (κ2) is 5.32. The Labute approximate surface area is 96.0 Å². The summed E-state index contributed by atoms with van der Waals surface area (Å²) < 4.78 is 10.4. The quantitative estimate of drug-likeness (QED) is 0.746. The molecule has 1 aromatic rings. The molecule has 1 N–H and O–H groups in total. The number of epoxide rings is 1. The van der Waals surface area contributed by atoms with Gasteiger partial charge in [-0.15, -0.1) is 0 Å². The fourth-order valence-corrected chi connectivity index (χ4v) is 1.93. The molecular formula is C13H18O3. The van der Waals surface area contributed by atoms with Crippen molar-refractivity contribution < 1.29 is 14.6 Å². The number of methoxy groups -OCH3 is 1. The van der Waals surface area contributed by atoms with Gasteiger partial charge >= 0.3 is 0 Å². The van der Waals surface area contributed by atoms with Crippen LogP contribution >= 0.6 is 0 Å². The smallest absolute Gasteiger partial charge is 0.119 e. The van der Waals surface area contributed by atoms with Crippen molar-refractivity contribution in [3.8, 4) is 5.75 Å². The maximum absolute atomic E-state index is 8.82. The van der Waals surface area contributed by atoms with Gasteiger partial charge in [0.2, 0.25) is 0 Å². The molecule has 0 spiro atoms. The summed E-state index contributed by atoms with van der Waals surface area (Å²) in [5, 5.41) is 8.82. The van der Waals surface area contributed by atoms with Crippen LogP contribution in [-0.4, -0.2) is 31.0 Å². The molecule has 1 aromatic carbocycles. The van der Waals surface area contributed by atoms with Crippen LogP contribution in [0, 0.1) is 0 Å². The summed E-state index contributed by atoms with van der Waals surface area (Å²) >= 11 is 0. The minimum atomic E-state index is 0.102. The van der Waals surface area contributed by atoms with E-state index < -0.39 is 0 Å². The monoisotopic (exact) mass is 222 g/mol. The van der Waals surface area contributed by atoms with Crippen LogP contribution in [0.1, 0.15) is 18.4 Å². The van der Waals surface area contributed by atoms with Gasteiger partial charge in [-0.2, -0.15) is 0 Å². The number of benzene rings is 1. The molecule has 2 atom stereocenters. The van der Waals surface area contributed by atoms with Crippen molar-refractivity contribution in [3.05, 3.63) is 29.8 Å². The molecule has 1 saturated heterocycles. The largest absolute Gasteiger partial charge is 0.497 e. The molecule has 16 heavy (non-hydrogen) atoms. The fraction of sp³-hybridized carbons (Fsp3) is 0.538. The fourth-order valence-electron chi connectivity index (χ4n) is 1.93. The first-order valence-electron chi connectivity index (χ1n) is 5.72. The molecule has 88 valence electrons. The summed E-state index contributed by atoms with van der Waals surface area (Å²) in [6.45, 7) is 0.157. The van der Waals surface area contributed by atoms with Gasteiger partial charge in [0.05, 0.1) is 19.8 Å². The van der Waals surface area contributed by atoms with Crippen molar-refractivity contribution >= 4 is 0 Å². The van der Waals surface area contributed by atoms with Crippen molar-refractivity contribution in [2.24, 2.45) is 0 Å². The lowest BCUT2D eigenvalue weighted by Gasteiger charge is -2.03. The lowest BCUT2D eigenvalue weighted by Crippen LogP contribution is -1.99. The molecule has 1 aliphatic heterocycles. The zero-order valence-corrected chi connectivity index (χ0v) is 9.56. The van der Waals surface area contributed by atoms with E-state index in [1.165, 1.54) is 5.56 Å². The van der Waals surface area contributed by atoms with Crippen molar-refractivity contribution in [2.75, 3.05) is 13.7 Å². The van der Waals surface area contributed by atoms with E-state index in [4.69, 9.17) is 14.6 Å². The van der Waals surface area contributed by atoms with E-state index in [9.17, 15) is 0 Å². The van der Waals surface area contributed by atoms with Gasteiger partial charge < -0.3 is 14.6 Å². The summed E-state index contributed by atoms with van der Waals surface area (Å²) in [6.07, 6.45) is 3.55. The number of aryl methyl sites for hydroxylation is 1. The number of hydrogen-bond acceptors (Lipinski definition) is 3. The Morgan fingerprint density at radius 3 is 2.94 bits per heavy atom. The predicted octanol–water partition coefficient (Wildman–Crippen LogP) is 1.78. The van der Waals surface area contributed by atoms with E-state index in [1.54, 1.807) is 7.11 Å². The van der Waals surface area contributed by atoms with Crippen molar-refractivity contribution in [3.63, 3.8) is 0 Å². The van der Waals surface area contributed by atoms with Gasteiger partial charge in [0.25, 0.3) is 0 Å². The first-order valence-corrected chi connectivity index (χ1v) is 5.72. The molecule has 3 nitrogen and oxygen atoms in total. The minimum absolute atomic E-state index is 0.102. The maximum Gasteiger partial charge on any atom is 0.119 e. The summed E-state index contributed by atoms with van der Waals surface area (Å²) in [5.41, 5.74) is 1.29. The number of aliphatic hydroxyl groups is 1. The van der Waals surface area contributed by atoms with Gasteiger partial charge in [0.1, 0.15) is 11.9 Å². The Balaban J connectivity index is 1.72. The van der Waals surface area contributed by atoms with Gasteiger partial charge in [0.15, 0.2) is 0 Å². The number of rotatable bonds is 6. The molecule has 0 unspecified atom stereocenters. The molecule has 0 bridgehead atoms. The second-order valence-corrected chi connectivity index (χ2v) is 4.14. The highest BCUT2D eigenvalue weighted by atomic mass is 16.6. The third-order valence-electron chi connectivity index (χ3n) is 2.96. The van der Waals surface area contributed by atoms with Crippen molar-refractivity contribution in [1.82, 2.24) is 0 Å². The topological polar surface area (TPSA) is 42.0 Å². The highest BCUT2D eigenvalue weighted by Gasteiger charge is 2.36. The third kappa shape index (κ3) is 2.97. The van der Waals surface area contributed by atoms with Gasteiger partial charge in [-0.3, -0.25) is 0 Å². The first-order chi connectivity index (χ1) is 7.83. The molecule has 3 heteroatoms. The molecule has 0 amide bonds. The highest BCUT2D eigenvalue weighted by Crippen LogP contribution is 2.26. The van der Waals surface area contributed by atoms with Crippen molar-refractivity contribution in [1.29, 1.82) is 0 Å². The lowest BCUT2D eigenvalue weighted by molar-refractivity contribution is 0.241. The summed E-state index contributed by atoms with van der Waals surface area (Å²) in [7, 11) is 1.68. The van der Waals surface area contributed by atoms with Crippen LogP contribution in [0.3, 0.4) is 0 Å². The Morgan fingerprint density at radius 2 is 2.25 bits per heavy atom. The Hall–Kier alpha value is -1.06. The zero-order chi connectivity index (χ0) is 11.4. The van der Waals surface area contributed by atoms with E-state index in [-0.39, 0.29) is 18.8 Å². The molecule has 1 aliphatic rings. The number of ether oxygens (including phenoxy) is 2. The van der Waals surface area contributed by atoms with E-state index in [1.807, 2.05) is 12.1 Å². The van der Waals surface area contributed by atoms with E-state index in [2.05, 4.69) is 12.1 Å². The summed E-state index contributed by atoms with van der Waals surface area (Å²) in [5.74, 6) is 0.911. The molecule has 0 aromatic heterocycles. The van der Waals surface area contributed by atoms with Crippen LogP contribution in [0.2, 0.25) is 0 Å². The average Bonchev–Trinajstić information content (AvgIpc) is 3.08. The van der Waals surface area contributed by atoms with Crippen LogP contribution in [-0.2, 0) is 11.2 Å². The lowest BCUT2D eigenvalue weighted by atomic mass is 10.1. The Morgan fingerprint density at radius 1 is 1.38 bits per heavy atom. The van der Waals surface area contributed by atoms with Crippen LogP contribution in [0.25, 0.3) is 0 Å². The maximum atomic E-state index is 8.82. The number of aliphatic hydroxyl groups excluding tert-OH is 1. The normalized spacial score (nSPS) is 23.1. The van der Waals surface area contributed by atoms with Gasteiger partial charge in [0, 0.05) is 0 Å². The van der Waals surface area contributed by atoms with E-state index in [0.29, 0.717) is 0 Å². The SMILES string of the molecule is COc1cccc(CCC[C@H]2O[C@@H]2CO)c1. The number of hydrogen-bond donors (Lipinski definition) is 1. The van der Waals surface area contributed by atoms with Crippen molar-refractivity contribution in [2.45, 2.75) is 31.5 Å². The van der Waals surface area contributed by atoms with Crippen LogP contribution < -0.4 is 4.74 Å². The highest BCUT2D eigenvalue weighted by molar-refractivity contribution is 5.28. The second-order valence-electron chi connectivity index (χ2n) is 4.14. The molecule has 2 rings (SSSR count). The summed E-state index contributed by atoms with van der Waals surface area (Å²) in [4.78, 5) is 0. The van der Waals surface area contributed by atoms with E-state index >= 15 is 0 Å². The molecule has 0 saturated carbocycles. The molecular weight excluding hydrogens is 204 g/mol. The summed E-state index contributed by atoms with van der Waals surface area (Å²) in [6, 6.07) is 8.14. The average molecular weight is 222 g/mol. The standard InChI is InChI=1S/C13H18O3/c1-15-11-6-2-4-10(8-11)5-3-7-12-13(9-14)16-12/h2,4,6,8,12-14H,3,5,7,9H2,1H3/t12-,13-/m1/s1. The van der Waals surface area contributed by atoms with E-state index in [0.717, 1.165) is 25.0 Å². The van der Waals surface area contributed by atoms with Gasteiger partial charge in [-0.1, -0.05) is 12.1 Å². The molecule has 1 heterocycles. The Bertz CT molecular complexity index is 338. The molecule has 0 radical (unpaired) electrons. The minimum Gasteiger partial charge on any atom is -0.497 e. The van der Waals surface area contributed by atoms with Crippen LogP contribution in [0.4, 0.5) is 0 Å². The van der Waals surface area contributed by atoms with Gasteiger partial charge in [-0.05, 0) is 37.0 Å². The third-order valence-corrected chi connectivity index (χ3v) is 2.96. The molecule has 0 aliphatic carbocycles.